The zero-order valence-electron chi connectivity index (χ0n) is 14.0. The van der Waals surface area contributed by atoms with E-state index < -0.39 is 5.54 Å². The number of carbonyl (C=O) groups is 1. The van der Waals surface area contributed by atoms with Gasteiger partial charge in [-0.05, 0) is 48.2 Å². The molecular weight excluding hydrogens is 302 g/mol. The van der Waals surface area contributed by atoms with E-state index in [1.165, 1.54) is 5.56 Å². The van der Waals surface area contributed by atoms with E-state index >= 15 is 0 Å². The van der Waals surface area contributed by atoms with Crippen LogP contribution in [0.25, 0.3) is 0 Å². The Morgan fingerprint density at radius 1 is 1.17 bits per heavy atom. The van der Waals surface area contributed by atoms with Crippen molar-refractivity contribution in [1.29, 1.82) is 0 Å². The Morgan fingerprint density at radius 2 is 1.88 bits per heavy atom. The molecular formula is C19H23N3O2. The molecule has 1 aliphatic carbocycles. The molecule has 0 aromatic heterocycles. The lowest BCUT2D eigenvalue weighted by atomic mass is 9.93. The Bertz CT molecular complexity index is 728. The van der Waals surface area contributed by atoms with Crippen LogP contribution in [0.3, 0.4) is 0 Å². The lowest BCUT2D eigenvalue weighted by molar-refractivity contribution is 0.164. The maximum absolute atomic E-state index is 12.4. The Balaban J connectivity index is 1.72. The largest absolute Gasteiger partial charge is 0.394 e. The molecule has 0 saturated heterocycles. The maximum atomic E-state index is 12.4. The van der Waals surface area contributed by atoms with E-state index in [0.717, 1.165) is 23.4 Å². The van der Waals surface area contributed by atoms with Crippen LogP contribution in [0.4, 0.5) is 16.2 Å². The standard InChI is InChI=1S/C19H23N3O2/c1-22(2)16-9-7-15(8-10-16)20-18(24)21-19(13-23)12-11-14-5-3-4-6-17(14)19/h3-10,23H,11-13H2,1-2H3,(H2,20,21,24). The third-order valence-corrected chi connectivity index (χ3v) is 4.62. The third kappa shape index (κ3) is 3.08. The van der Waals surface area contributed by atoms with Crippen molar-refractivity contribution in [2.75, 3.05) is 30.9 Å². The summed E-state index contributed by atoms with van der Waals surface area (Å²) in [6.45, 7) is -0.114. The molecule has 1 unspecified atom stereocenters. The number of aliphatic hydroxyl groups is 1. The molecule has 3 N–H and O–H groups in total. The van der Waals surface area contributed by atoms with Crippen molar-refractivity contribution in [1.82, 2.24) is 5.32 Å². The maximum Gasteiger partial charge on any atom is 0.320 e. The molecule has 0 saturated carbocycles. The molecule has 0 spiro atoms. The molecule has 5 heteroatoms. The fraction of sp³-hybridized carbons (Fsp3) is 0.316. The number of hydrogen-bond acceptors (Lipinski definition) is 3. The topological polar surface area (TPSA) is 64.6 Å². The van der Waals surface area contributed by atoms with Crippen LogP contribution in [0.2, 0.25) is 0 Å². The molecule has 2 aromatic carbocycles. The van der Waals surface area contributed by atoms with E-state index in [9.17, 15) is 9.90 Å². The molecule has 0 aliphatic heterocycles. The molecule has 0 heterocycles. The van der Waals surface area contributed by atoms with Crippen molar-refractivity contribution in [3.8, 4) is 0 Å². The van der Waals surface area contributed by atoms with Crippen LogP contribution in [0.1, 0.15) is 17.5 Å². The Hall–Kier alpha value is -2.53. The van der Waals surface area contributed by atoms with Gasteiger partial charge >= 0.3 is 6.03 Å². The van der Waals surface area contributed by atoms with Crippen LogP contribution < -0.4 is 15.5 Å². The van der Waals surface area contributed by atoms with E-state index in [4.69, 9.17) is 0 Å². The number of aliphatic hydroxyl groups excluding tert-OH is 1. The van der Waals surface area contributed by atoms with Crippen molar-refractivity contribution >= 4 is 17.4 Å². The molecule has 3 rings (SSSR count). The Kier molecular flexibility index (Phi) is 4.44. The summed E-state index contributed by atoms with van der Waals surface area (Å²) in [5.41, 5.74) is 3.27. The second-order valence-corrected chi connectivity index (χ2v) is 6.42. The van der Waals surface area contributed by atoms with Gasteiger partial charge in [0.25, 0.3) is 0 Å². The predicted molar refractivity (Wildman–Crippen MR) is 96.5 cm³/mol. The quantitative estimate of drug-likeness (QED) is 0.810. The zero-order chi connectivity index (χ0) is 17.2. The molecule has 24 heavy (non-hydrogen) atoms. The van der Waals surface area contributed by atoms with Gasteiger partial charge in [0.2, 0.25) is 0 Å². The lowest BCUT2D eigenvalue weighted by Gasteiger charge is -2.29. The average Bonchev–Trinajstić information content (AvgIpc) is 2.94. The minimum atomic E-state index is -0.704. The highest BCUT2D eigenvalue weighted by Crippen LogP contribution is 2.36. The first-order chi connectivity index (χ1) is 11.5. The molecule has 1 aliphatic rings. The van der Waals surface area contributed by atoms with E-state index in [2.05, 4.69) is 10.6 Å². The smallest absolute Gasteiger partial charge is 0.320 e. The average molecular weight is 325 g/mol. The number of rotatable bonds is 4. The van der Waals surface area contributed by atoms with Gasteiger partial charge in [-0.1, -0.05) is 24.3 Å². The van der Waals surface area contributed by atoms with Gasteiger partial charge in [0, 0.05) is 25.5 Å². The summed E-state index contributed by atoms with van der Waals surface area (Å²) in [5.74, 6) is 0. The summed E-state index contributed by atoms with van der Waals surface area (Å²) in [6.07, 6.45) is 1.56. The van der Waals surface area contributed by atoms with Crippen LogP contribution in [0, 0.1) is 0 Å². The van der Waals surface area contributed by atoms with Crippen molar-refractivity contribution in [3.63, 3.8) is 0 Å². The molecule has 2 aromatic rings. The van der Waals surface area contributed by atoms with Gasteiger partial charge in [-0.25, -0.2) is 4.79 Å². The predicted octanol–water partition coefficient (Wildman–Crippen LogP) is 2.71. The normalized spacial score (nSPS) is 18.8. The minimum absolute atomic E-state index is 0.114. The summed E-state index contributed by atoms with van der Waals surface area (Å²) < 4.78 is 0. The molecule has 0 bridgehead atoms. The first kappa shape index (κ1) is 16.3. The summed E-state index contributed by atoms with van der Waals surface area (Å²) >= 11 is 0. The number of aryl methyl sites for hydroxylation is 1. The number of anilines is 2. The summed E-state index contributed by atoms with van der Waals surface area (Å²) in [4.78, 5) is 14.4. The van der Waals surface area contributed by atoms with Crippen molar-refractivity contribution < 1.29 is 9.90 Å². The second kappa shape index (κ2) is 6.53. The van der Waals surface area contributed by atoms with Gasteiger partial charge in [0.15, 0.2) is 0 Å². The number of amides is 2. The van der Waals surface area contributed by atoms with Crippen LogP contribution in [-0.4, -0.2) is 31.8 Å². The lowest BCUT2D eigenvalue weighted by Crippen LogP contribution is -2.48. The SMILES string of the molecule is CN(C)c1ccc(NC(=O)NC2(CO)CCc3ccccc32)cc1. The number of nitrogens with zero attached hydrogens (tertiary/aromatic N) is 1. The molecule has 1 atom stereocenters. The Labute approximate surface area is 142 Å². The third-order valence-electron chi connectivity index (χ3n) is 4.62. The van der Waals surface area contributed by atoms with Crippen molar-refractivity contribution in [2.45, 2.75) is 18.4 Å². The monoisotopic (exact) mass is 325 g/mol. The van der Waals surface area contributed by atoms with Gasteiger partial charge in [0.05, 0.1) is 12.1 Å². The van der Waals surface area contributed by atoms with Gasteiger partial charge in [0.1, 0.15) is 0 Å². The van der Waals surface area contributed by atoms with Crippen LogP contribution in [0.5, 0.6) is 0 Å². The first-order valence-corrected chi connectivity index (χ1v) is 8.10. The summed E-state index contributed by atoms with van der Waals surface area (Å²) in [7, 11) is 3.94. The summed E-state index contributed by atoms with van der Waals surface area (Å²) in [6, 6.07) is 15.3. The molecule has 0 fully saturated rings. The van der Waals surface area contributed by atoms with Crippen molar-refractivity contribution in [2.24, 2.45) is 0 Å². The van der Waals surface area contributed by atoms with Gasteiger partial charge in [-0.3, -0.25) is 0 Å². The number of hydrogen-bond donors (Lipinski definition) is 3. The zero-order valence-corrected chi connectivity index (χ0v) is 14.0. The fourth-order valence-corrected chi connectivity index (χ4v) is 3.24. The van der Waals surface area contributed by atoms with Crippen LogP contribution in [-0.2, 0) is 12.0 Å². The molecule has 126 valence electrons. The van der Waals surface area contributed by atoms with E-state index in [-0.39, 0.29) is 12.6 Å². The van der Waals surface area contributed by atoms with Gasteiger partial charge in [-0.15, -0.1) is 0 Å². The number of fused-ring (bicyclic) bond motifs is 1. The summed E-state index contributed by atoms with van der Waals surface area (Å²) in [5, 5.41) is 15.7. The fourth-order valence-electron chi connectivity index (χ4n) is 3.24. The van der Waals surface area contributed by atoms with E-state index in [1.54, 1.807) is 0 Å². The second-order valence-electron chi connectivity index (χ2n) is 6.42. The van der Waals surface area contributed by atoms with Crippen LogP contribution in [0.15, 0.2) is 48.5 Å². The number of carbonyl (C=O) groups excluding carboxylic acids is 1. The number of nitrogens with one attached hydrogen (secondary N) is 2. The highest BCUT2D eigenvalue weighted by atomic mass is 16.3. The minimum Gasteiger partial charge on any atom is -0.394 e. The first-order valence-electron chi connectivity index (χ1n) is 8.10. The number of benzene rings is 2. The van der Waals surface area contributed by atoms with Gasteiger partial charge in [-0.2, -0.15) is 0 Å². The highest BCUT2D eigenvalue weighted by Gasteiger charge is 2.39. The van der Waals surface area contributed by atoms with E-state index in [1.807, 2.05) is 67.5 Å². The van der Waals surface area contributed by atoms with E-state index in [0.29, 0.717) is 6.42 Å². The molecule has 5 nitrogen and oxygen atoms in total. The van der Waals surface area contributed by atoms with Crippen LogP contribution >= 0.6 is 0 Å². The molecule has 2 amide bonds. The highest BCUT2D eigenvalue weighted by molar-refractivity contribution is 5.90. The van der Waals surface area contributed by atoms with Gasteiger partial charge < -0.3 is 20.6 Å². The van der Waals surface area contributed by atoms with Crippen molar-refractivity contribution in [3.05, 3.63) is 59.7 Å². The Morgan fingerprint density at radius 3 is 2.54 bits per heavy atom. The number of urea groups is 1. The molecule has 0 radical (unpaired) electrons.